The molecule has 1 aromatic heterocycles. The third kappa shape index (κ3) is 4.28. The molecule has 1 heterocycles. The second kappa shape index (κ2) is 7.53. The number of carbonyl (C=O) groups is 1. The smallest absolute Gasteiger partial charge is 0.271 e. The first kappa shape index (κ1) is 17.2. The minimum atomic E-state index is -0.160. The van der Waals surface area contributed by atoms with Crippen molar-refractivity contribution < 1.29 is 4.79 Å². The lowest BCUT2D eigenvalue weighted by Crippen LogP contribution is -2.17. The van der Waals surface area contributed by atoms with Gasteiger partial charge in [0.1, 0.15) is 5.69 Å². The van der Waals surface area contributed by atoms with E-state index in [-0.39, 0.29) is 17.4 Å². The number of hydrogen-bond donors (Lipinski definition) is 2. The van der Waals surface area contributed by atoms with Crippen LogP contribution in [0.2, 0.25) is 0 Å². The van der Waals surface area contributed by atoms with Crippen molar-refractivity contribution in [2.75, 3.05) is 5.32 Å². The SMILES string of the molecule is CC(C)C(=O)Nc1ccc(SCc2nc3ccccc3[nH]c2=O)cc1. The van der Waals surface area contributed by atoms with Gasteiger partial charge in [-0.1, -0.05) is 26.0 Å². The number of anilines is 1. The molecule has 2 aromatic carbocycles. The normalized spacial score (nSPS) is 11.0. The Balaban J connectivity index is 1.68. The molecule has 0 aliphatic carbocycles. The van der Waals surface area contributed by atoms with Crippen LogP contribution in [0.5, 0.6) is 0 Å². The Bertz CT molecular complexity index is 949. The van der Waals surface area contributed by atoms with Gasteiger partial charge in [-0.25, -0.2) is 4.98 Å². The van der Waals surface area contributed by atoms with Crippen molar-refractivity contribution in [3.63, 3.8) is 0 Å². The number of H-pyrrole nitrogens is 1. The monoisotopic (exact) mass is 353 g/mol. The fourth-order valence-corrected chi connectivity index (χ4v) is 3.07. The molecule has 0 unspecified atom stereocenters. The van der Waals surface area contributed by atoms with Gasteiger partial charge in [0, 0.05) is 22.3 Å². The van der Waals surface area contributed by atoms with Crippen molar-refractivity contribution in [3.05, 3.63) is 64.6 Å². The Morgan fingerprint density at radius 1 is 1.16 bits per heavy atom. The van der Waals surface area contributed by atoms with Crippen LogP contribution in [-0.2, 0) is 10.5 Å². The van der Waals surface area contributed by atoms with E-state index in [0.717, 1.165) is 21.6 Å². The molecule has 128 valence electrons. The highest BCUT2D eigenvalue weighted by molar-refractivity contribution is 7.98. The van der Waals surface area contributed by atoms with Crippen LogP contribution in [0.15, 0.2) is 58.2 Å². The Hall–Kier alpha value is -2.60. The van der Waals surface area contributed by atoms with Crippen LogP contribution in [0.3, 0.4) is 0 Å². The highest BCUT2D eigenvalue weighted by atomic mass is 32.2. The van der Waals surface area contributed by atoms with Gasteiger partial charge in [0.15, 0.2) is 0 Å². The molecule has 0 fully saturated rings. The summed E-state index contributed by atoms with van der Waals surface area (Å²) in [6.07, 6.45) is 0. The van der Waals surface area contributed by atoms with Crippen LogP contribution in [0.4, 0.5) is 5.69 Å². The third-order valence-electron chi connectivity index (χ3n) is 3.69. The molecule has 0 saturated heterocycles. The van der Waals surface area contributed by atoms with Crippen LogP contribution in [0, 0.1) is 5.92 Å². The lowest BCUT2D eigenvalue weighted by atomic mass is 10.2. The Labute approximate surface area is 149 Å². The maximum absolute atomic E-state index is 12.1. The van der Waals surface area contributed by atoms with Gasteiger partial charge in [-0.2, -0.15) is 0 Å². The van der Waals surface area contributed by atoms with Crippen molar-refractivity contribution in [1.82, 2.24) is 9.97 Å². The summed E-state index contributed by atoms with van der Waals surface area (Å²) in [5, 5.41) is 2.86. The quantitative estimate of drug-likeness (QED) is 0.684. The van der Waals surface area contributed by atoms with Crippen molar-refractivity contribution in [2.24, 2.45) is 5.92 Å². The van der Waals surface area contributed by atoms with E-state index in [0.29, 0.717) is 11.4 Å². The summed E-state index contributed by atoms with van der Waals surface area (Å²) in [4.78, 5) is 32.1. The zero-order chi connectivity index (χ0) is 17.8. The van der Waals surface area contributed by atoms with E-state index in [4.69, 9.17) is 0 Å². The number of benzene rings is 2. The highest BCUT2D eigenvalue weighted by Crippen LogP contribution is 2.23. The summed E-state index contributed by atoms with van der Waals surface area (Å²) in [7, 11) is 0. The molecule has 25 heavy (non-hydrogen) atoms. The van der Waals surface area contributed by atoms with Crippen molar-refractivity contribution in [2.45, 2.75) is 24.5 Å². The van der Waals surface area contributed by atoms with Crippen LogP contribution in [0.25, 0.3) is 11.0 Å². The van der Waals surface area contributed by atoms with Crippen LogP contribution < -0.4 is 10.9 Å². The molecule has 0 spiro atoms. The summed E-state index contributed by atoms with van der Waals surface area (Å²) >= 11 is 1.53. The van der Waals surface area contributed by atoms with Gasteiger partial charge in [0.2, 0.25) is 5.91 Å². The molecule has 2 N–H and O–H groups in total. The first-order valence-corrected chi connectivity index (χ1v) is 9.03. The first-order chi connectivity index (χ1) is 12.0. The van der Waals surface area contributed by atoms with E-state index in [1.807, 2.05) is 62.4 Å². The van der Waals surface area contributed by atoms with Crippen molar-refractivity contribution >= 4 is 34.4 Å². The van der Waals surface area contributed by atoms with Crippen molar-refractivity contribution in [3.8, 4) is 0 Å². The highest BCUT2D eigenvalue weighted by Gasteiger charge is 2.08. The number of aromatic amines is 1. The van der Waals surface area contributed by atoms with E-state index < -0.39 is 0 Å². The molecule has 0 aliphatic rings. The van der Waals surface area contributed by atoms with E-state index in [1.165, 1.54) is 11.8 Å². The van der Waals surface area contributed by atoms with Gasteiger partial charge in [-0.15, -0.1) is 11.8 Å². The topological polar surface area (TPSA) is 74.8 Å². The molecule has 0 radical (unpaired) electrons. The molecule has 5 nitrogen and oxygen atoms in total. The molecule has 0 atom stereocenters. The Morgan fingerprint density at radius 2 is 1.88 bits per heavy atom. The number of carbonyl (C=O) groups excluding carboxylic acids is 1. The number of aromatic nitrogens is 2. The minimum absolute atomic E-state index is 0.00713. The maximum atomic E-state index is 12.1. The van der Waals surface area contributed by atoms with Crippen LogP contribution >= 0.6 is 11.8 Å². The van der Waals surface area contributed by atoms with Crippen molar-refractivity contribution in [1.29, 1.82) is 0 Å². The molecule has 1 amide bonds. The molecule has 0 aliphatic heterocycles. The van der Waals surface area contributed by atoms with E-state index in [9.17, 15) is 9.59 Å². The number of fused-ring (bicyclic) bond motifs is 1. The molecule has 6 heteroatoms. The number of thioether (sulfide) groups is 1. The van der Waals surface area contributed by atoms with Crippen LogP contribution in [0.1, 0.15) is 19.5 Å². The fraction of sp³-hybridized carbons (Fsp3) is 0.211. The van der Waals surface area contributed by atoms with Crippen LogP contribution in [-0.4, -0.2) is 15.9 Å². The lowest BCUT2D eigenvalue weighted by molar-refractivity contribution is -0.118. The van der Waals surface area contributed by atoms with E-state index >= 15 is 0 Å². The average Bonchev–Trinajstić information content (AvgIpc) is 2.61. The number of nitrogens with one attached hydrogen (secondary N) is 2. The summed E-state index contributed by atoms with van der Waals surface area (Å²) < 4.78 is 0. The number of para-hydroxylation sites is 2. The Kier molecular flexibility index (Phi) is 5.19. The number of hydrogen-bond acceptors (Lipinski definition) is 4. The van der Waals surface area contributed by atoms with Gasteiger partial charge in [-0.3, -0.25) is 9.59 Å². The molecular weight excluding hydrogens is 334 g/mol. The fourth-order valence-electron chi connectivity index (χ4n) is 2.24. The first-order valence-electron chi connectivity index (χ1n) is 8.04. The van der Waals surface area contributed by atoms with Gasteiger partial charge in [0.05, 0.1) is 11.0 Å². The maximum Gasteiger partial charge on any atom is 0.271 e. The Morgan fingerprint density at radius 3 is 2.60 bits per heavy atom. The summed E-state index contributed by atoms with van der Waals surface area (Å²) in [6.45, 7) is 3.71. The summed E-state index contributed by atoms with van der Waals surface area (Å²) in [5.74, 6) is 0.421. The second-order valence-electron chi connectivity index (χ2n) is 5.99. The zero-order valence-electron chi connectivity index (χ0n) is 14.1. The molecule has 3 rings (SSSR count). The largest absolute Gasteiger partial charge is 0.326 e. The number of nitrogens with zero attached hydrogens (tertiary/aromatic N) is 1. The van der Waals surface area contributed by atoms with E-state index in [1.54, 1.807) is 0 Å². The van der Waals surface area contributed by atoms with Gasteiger partial charge >= 0.3 is 0 Å². The standard InChI is InChI=1S/C19H19N3O2S/c1-12(2)18(23)20-13-7-9-14(10-8-13)25-11-17-19(24)22-16-6-4-3-5-15(16)21-17/h3-10,12H,11H2,1-2H3,(H,20,23)(H,22,24). The number of rotatable bonds is 5. The predicted molar refractivity (Wildman–Crippen MR) is 102 cm³/mol. The second-order valence-corrected chi connectivity index (χ2v) is 7.04. The number of amides is 1. The van der Waals surface area contributed by atoms with Gasteiger partial charge in [0.25, 0.3) is 5.56 Å². The van der Waals surface area contributed by atoms with Gasteiger partial charge < -0.3 is 10.3 Å². The molecular formula is C19H19N3O2S. The molecule has 3 aromatic rings. The minimum Gasteiger partial charge on any atom is -0.326 e. The lowest BCUT2D eigenvalue weighted by Gasteiger charge is -2.08. The average molecular weight is 353 g/mol. The predicted octanol–water partition coefficient (Wildman–Crippen LogP) is 3.81. The molecule has 0 bridgehead atoms. The zero-order valence-corrected chi connectivity index (χ0v) is 14.9. The van der Waals surface area contributed by atoms with E-state index in [2.05, 4.69) is 15.3 Å². The van der Waals surface area contributed by atoms with Gasteiger partial charge in [-0.05, 0) is 36.4 Å². The third-order valence-corrected chi connectivity index (χ3v) is 4.71. The molecule has 0 saturated carbocycles. The summed E-state index contributed by atoms with van der Waals surface area (Å²) in [5.41, 5.74) is 2.63. The summed E-state index contributed by atoms with van der Waals surface area (Å²) in [6, 6.07) is 15.1.